The molecule has 1 N–H and O–H groups in total. The van der Waals surface area contributed by atoms with E-state index < -0.39 is 0 Å². The average Bonchev–Trinajstić information content (AvgIpc) is 2.45. The van der Waals surface area contributed by atoms with Crippen molar-refractivity contribution in [2.75, 3.05) is 7.11 Å². The van der Waals surface area contributed by atoms with Gasteiger partial charge in [0.15, 0.2) is 0 Å². The summed E-state index contributed by atoms with van der Waals surface area (Å²) in [5, 5.41) is 3.93. The van der Waals surface area contributed by atoms with Crippen molar-refractivity contribution in [1.82, 2.24) is 5.32 Å². The molecule has 0 fully saturated rings. The first-order chi connectivity index (χ1) is 9.60. The lowest BCUT2D eigenvalue weighted by Gasteiger charge is -2.15. The summed E-state index contributed by atoms with van der Waals surface area (Å²) in [5.74, 6) is 0.442. The summed E-state index contributed by atoms with van der Waals surface area (Å²) in [4.78, 5) is 0. The third-order valence-electron chi connectivity index (χ3n) is 3.18. The molecule has 0 bridgehead atoms. The maximum atomic E-state index is 13.2. The molecule has 0 saturated heterocycles. The molecule has 4 heteroatoms. The molecule has 0 spiro atoms. The molecule has 2 nitrogen and oxygen atoms in total. The first-order valence-electron chi connectivity index (χ1n) is 6.41. The molecule has 2 aromatic carbocycles. The number of nitrogens with one attached hydrogen (secondary N) is 1. The highest BCUT2D eigenvalue weighted by Gasteiger charge is 2.07. The van der Waals surface area contributed by atoms with Crippen LogP contribution in [0.4, 0.5) is 4.39 Å². The van der Waals surface area contributed by atoms with E-state index in [-0.39, 0.29) is 11.9 Å². The Kier molecular flexibility index (Phi) is 4.99. The third-order valence-corrected chi connectivity index (χ3v) is 3.47. The Hall–Kier alpha value is -1.58. The van der Waals surface area contributed by atoms with Crippen LogP contribution in [0, 0.1) is 5.82 Å². The van der Waals surface area contributed by atoms with Crippen molar-refractivity contribution in [2.45, 2.75) is 19.5 Å². The number of benzene rings is 2. The van der Waals surface area contributed by atoms with Crippen LogP contribution in [0.3, 0.4) is 0 Å². The number of hydrogen-bond acceptors (Lipinski definition) is 2. The van der Waals surface area contributed by atoms with Gasteiger partial charge in [-0.15, -0.1) is 0 Å². The lowest BCUT2D eigenvalue weighted by Crippen LogP contribution is -2.18. The van der Waals surface area contributed by atoms with Crippen molar-refractivity contribution >= 4 is 11.6 Å². The summed E-state index contributed by atoms with van der Waals surface area (Å²) < 4.78 is 18.3. The Morgan fingerprint density at radius 2 is 2.05 bits per heavy atom. The summed E-state index contributed by atoms with van der Waals surface area (Å²) in [6.45, 7) is 2.65. The van der Waals surface area contributed by atoms with E-state index in [0.29, 0.717) is 17.3 Å². The fourth-order valence-electron chi connectivity index (χ4n) is 1.98. The van der Waals surface area contributed by atoms with Crippen LogP contribution in [0.15, 0.2) is 42.5 Å². The lowest BCUT2D eigenvalue weighted by atomic mass is 10.1. The van der Waals surface area contributed by atoms with Crippen LogP contribution >= 0.6 is 11.6 Å². The Labute approximate surface area is 123 Å². The number of methoxy groups -OCH3 is 1. The Bertz CT molecular complexity index is 588. The third kappa shape index (κ3) is 3.71. The molecule has 0 aliphatic rings. The maximum absolute atomic E-state index is 13.2. The van der Waals surface area contributed by atoms with E-state index >= 15 is 0 Å². The second-order valence-electron chi connectivity index (χ2n) is 4.63. The van der Waals surface area contributed by atoms with Crippen molar-refractivity contribution in [3.05, 3.63) is 64.4 Å². The predicted octanol–water partition coefficient (Wildman–Crippen LogP) is 4.34. The molecule has 0 amide bonds. The Balaban J connectivity index is 1.99. The molecule has 0 aliphatic carbocycles. The molecule has 2 rings (SSSR count). The van der Waals surface area contributed by atoms with Crippen LogP contribution < -0.4 is 10.1 Å². The van der Waals surface area contributed by atoms with Crippen LogP contribution in [-0.2, 0) is 6.54 Å². The van der Waals surface area contributed by atoms with Crippen LogP contribution in [0.1, 0.15) is 24.1 Å². The molecule has 0 saturated carbocycles. The highest BCUT2D eigenvalue weighted by molar-refractivity contribution is 6.32. The molecule has 1 atom stereocenters. The van der Waals surface area contributed by atoms with Crippen LogP contribution in [0.2, 0.25) is 5.02 Å². The minimum Gasteiger partial charge on any atom is -0.495 e. The summed E-state index contributed by atoms with van der Waals surface area (Å²) >= 11 is 6.08. The quantitative estimate of drug-likeness (QED) is 0.885. The fraction of sp³-hybridized carbons (Fsp3) is 0.250. The topological polar surface area (TPSA) is 21.3 Å². The smallest absolute Gasteiger partial charge is 0.137 e. The first-order valence-corrected chi connectivity index (χ1v) is 6.79. The molecule has 20 heavy (non-hydrogen) atoms. The van der Waals surface area contributed by atoms with Gasteiger partial charge in [-0.2, -0.15) is 0 Å². The van der Waals surface area contributed by atoms with Gasteiger partial charge in [0.2, 0.25) is 0 Å². The van der Waals surface area contributed by atoms with E-state index in [1.54, 1.807) is 19.2 Å². The summed E-state index contributed by atoms with van der Waals surface area (Å²) in [6.07, 6.45) is 0. The zero-order chi connectivity index (χ0) is 14.5. The number of halogens is 2. The molecular weight excluding hydrogens is 277 g/mol. The monoisotopic (exact) mass is 293 g/mol. The van der Waals surface area contributed by atoms with E-state index in [2.05, 4.69) is 5.32 Å². The zero-order valence-corrected chi connectivity index (χ0v) is 12.2. The Morgan fingerprint density at radius 1 is 1.25 bits per heavy atom. The minimum absolute atomic E-state index is 0.0616. The number of hydrogen-bond donors (Lipinski definition) is 1. The lowest BCUT2D eigenvalue weighted by molar-refractivity contribution is 0.414. The average molecular weight is 294 g/mol. The standard InChI is InChI=1S/C16H17ClFNO/c1-11(13-4-3-5-14(18)9-13)19-10-12-6-7-16(20-2)15(17)8-12/h3-9,11,19H,10H2,1-2H3/t11-/m0/s1. The predicted molar refractivity (Wildman–Crippen MR) is 79.7 cm³/mol. The molecule has 0 aromatic heterocycles. The number of ether oxygens (including phenoxy) is 1. The normalized spacial score (nSPS) is 12.2. The van der Waals surface area contributed by atoms with Gasteiger partial charge in [0.05, 0.1) is 12.1 Å². The first kappa shape index (κ1) is 14.8. The van der Waals surface area contributed by atoms with Gasteiger partial charge in [-0.25, -0.2) is 4.39 Å². The Morgan fingerprint density at radius 3 is 2.70 bits per heavy atom. The van der Waals surface area contributed by atoms with Gasteiger partial charge in [0.1, 0.15) is 11.6 Å². The second-order valence-corrected chi connectivity index (χ2v) is 5.03. The van der Waals surface area contributed by atoms with E-state index in [4.69, 9.17) is 16.3 Å². The molecule has 2 aromatic rings. The molecular formula is C16H17ClFNO. The zero-order valence-electron chi connectivity index (χ0n) is 11.5. The summed E-state index contributed by atoms with van der Waals surface area (Å²) in [5.41, 5.74) is 1.98. The highest BCUT2D eigenvalue weighted by atomic mass is 35.5. The van der Waals surface area contributed by atoms with Crippen molar-refractivity contribution in [3.63, 3.8) is 0 Å². The van der Waals surface area contributed by atoms with Gasteiger partial charge >= 0.3 is 0 Å². The van der Waals surface area contributed by atoms with Crippen LogP contribution in [0.25, 0.3) is 0 Å². The minimum atomic E-state index is -0.219. The van der Waals surface area contributed by atoms with Gasteiger partial charge in [-0.1, -0.05) is 29.8 Å². The molecule has 0 unspecified atom stereocenters. The molecule has 0 radical (unpaired) electrons. The van der Waals surface area contributed by atoms with E-state index in [1.165, 1.54) is 6.07 Å². The summed E-state index contributed by atoms with van der Waals surface area (Å²) in [7, 11) is 1.59. The van der Waals surface area contributed by atoms with Gasteiger partial charge in [0.25, 0.3) is 0 Å². The van der Waals surface area contributed by atoms with E-state index in [0.717, 1.165) is 11.1 Å². The molecule has 0 heterocycles. The van der Waals surface area contributed by atoms with Crippen molar-refractivity contribution in [2.24, 2.45) is 0 Å². The van der Waals surface area contributed by atoms with Crippen LogP contribution in [0.5, 0.6) is 5.75 Å². The molecule has 106 valence electrons. The van der Waals surface area contributed by atoms with Crippen molar-refractivity contribution in [3.8, 4) is 5.75 Å². The van der Waals surface area contributed by atoms with Crippen LogP contribution in [-0.4, -0.2) is 7.11 Å². The van der Waals surface area contributed by atoms with Gasteiger partial charge < -0.3 is 10.1 Å². The largest absolute Gasteiger partial charge is 0.495 e. The van der Waals surface area contributed by atoms with Gasteiger partial charge in [0, 0.05) is 12.6 Å². The van der Waals surface area contributed by atoms with E-state index in [9.17, 15) is 4.39 Å². The van der Waals surface area contributed by atoms with Crippen molar-refractivity contribution in [1.29, 1.82) is 0 Å². The fourth-order valence-corrected chi connectivity index (χ4v) is 2.26. The second kappa shape index (κ2) is 6.73. The van der Waals surface area contributed by atoms with Crippen molar-refractivity contribution < 1.29 is 9.13 Å². The maximum Gasteiger partial charge on any atom is 0.137 e. The SMILES string of the molecule is COc1ccc(CN[C@@H](C)c2cccc(F)c2)cc1Cl. The number of rotatable bonds is 5. The molecule has 0 aliphatic heterocycles. The van der Waals surface area contributed by atoms with Gasteiger partial charge in [-0.3, -0.25) is 0 Å². The highest BCUT2D eigenvalue weighted by Crippen LogP contribution is 2.25. The van der Waals surface area contributed by atoms with Gasteiger partial charge in [-0.05, 0) is 42.3 Å². The van der Waals surface area contributed by atoms with E-state index in [1.807, 2.05) is 31.2 Å². The summed E-state index contributed by atoms with van der Waals surface area (Å²) in [6, 6.07) is 12.3.